The molecule has 0 aliphatic carbocycles. The lowest BCUT2D eigenvalue weighted by atomic mass is 10.1. The van der Waals surface area contributed by atoms with E-state index < -0.39 is 0 Å². The maximum absolute atomic E-state index is 6.34. The van der Waals surface area contributed by atoms with Crippen molar-refractivity contribution >= 4 is 17.8 Å². The zero-order valence-corrected chi connectivity index (χ0v) is 13.4. The molecule has 2 aromatic carbocycles. The molecule has 1 heterocycles. The number of benzene rings is 2. The van der Waals surface area contributed by atoms with Gasteiger partial charge in [-0.15, -0.1) is 0 Å². The third-order valence-electron chi connectivity index (χ3n) is 3.42. The summed E-state index contributed by atoms with van der Waals surface area (Å²) in [6.45, 7) is 1.95. The SMILES string of the molecule is C[C@@H](O/N=C/c1cnn(-c2ccccc2)c1Cl)c1ccccc1. The summed E-state index contributed by atoms with van der Waals surface area (Å²) < 4.78 is 1.66. The largest absolute Gasteiger partial charge is 0.388 e. The van der Waals surface area contributed by atoms with Crippen molar-refractivity contribution in [1.82, 2.24) is 9.78 Å². The van der Waals surface area contributed by atoms with Gasteiger partial charge in [0.15, 0.2) is 0 Å². The lowest BCUT2D eigenvalue weighted by Crippen LogP contribution is -1.96. The van der Waals surface area contributed by atoms with Crippen LogP contribution in [0.5, 0.6) is 0 Å². The van der Waals surface area contributed by atoms with Crippen LogP contribution in [0.25, 0.3) is 5.69 Å². The number of hydrogen-bond acceptors (Lipinski definition) is 3. The molecule has 5 heteroatoms. The Morgan fingerprint density at radius 3 is 2.43 bits per heavy atom. The van der Waals surface area contributed by atoms with Gasteiger partial charge in [-0.25, -0.2) is 4.68 Å². The van der Waals surface area contributed by atoms with Crippen LogP contribution in [0, 0.1) is 0 Å². The highest BCUT2D eigenvalue weighted by molar-refractivity contribution is 6.32. The number of para-hydroxylation sites is 1. The number of halogens is 1. The average Bonchev–Trinajstić information content (AvgIpc) is 2.97. The molecule has 0 amide bonds. The molecule has 0 unspecified atom stereocenters. The minimum atomic E-state index is -0.129. The fourth-order valence-electron chi connectivity index (χ4n) is 2.15. The summed E-state index contributed by atoms with van der Waals surface area (Å²) in [5.41, 5.74) is 2.67. The highest BCUT2D eigenvalue weighted by atomic mass is 35.5. The van der Waals surface area contributed by atoms with Crippen LogP contribution in [0.3, 0.4) is 0 Å². The van der Waals surface area contributed by atoms with Gasteiger partial charge >= 0.3 is 0 Å². The molecule has 0 radical (unpaired) electrons. The maximum Gasteiger partial charge on any atom is 0.149 e. The van der Waals surface area contributed by atoms with E-state index in [0.717, 1.165) is 11.3 Å². The fraction of sp³-hybridized carbons (Fsp3) is 0.111. The van der Waals surface area contributed by atoms with Crippen LogP contribution in [-0.4, -0.2) is 16.0 Å². The molecule has 0 saturated heterocycles. The topological polar surface area (TPSA) is 39.4 Å². The summed E-state index contributed by atoms with van der Waals surface area (Å²) in [5.74, 6) is 0. The van der Waals surface area contributed by atoms with E-state index in [2.05, 4.69) is 10.3 Å². The number of hydrogen-bond donors (Lipinski definition) is 0. The maximum atomic E-state index is 6.34. The first-order valence-electron chi connectivity index (χ1n) is 7.29. The van der Waals surface area contributed by atoms with E-state index in [1.807, 2.05) is 67.6 Å². The van der Waals surface area contributed by atoms with Crippen LogP contribution < -0.4 is 0 Å². The molecular weight excluding hydrogens is 310 g/mol. The van der Waals surface area contributed by atoms with E-state index in [9.17, 15) is 0 Å². The molecule has 0 bridgehead atoms. The van der Waals surface area contributed by atoms with Gasteiger partial charge in [-0.05, 0) is 24.6 Å². The van der Waals surface area contributed by atoms with Crippen molar-refractivity contribution < 1.29 is 4.84 Å². The van der Waals surface area contributed by atoms with Crippen molar-refractivity contribution in [1.29, 1.82) is 0 Å². The van der Waals surface area contributed by atoms with Gasteiger partial charge in [-0.1, -0.05) is 65.3 Å². The Bertz CT molecular complexity index is 785. The first kappa shape index (κ1) is 15.3. The highest BCUT2D eigenvalue weighted by Crippen LogP contribution is 2.20. The second-order valence-electron chi connectivity index (χ2n) is 5.03. The van der Waals surface area contributed by atoms with Crippen molar-refractivity contribution in [3.63, 3.8) is 0 Å². The Hall–Kier alpha value is -2.59. The van der Waals surface area contributed by atoms with E-state index in [4.69, 9.17) is 16.4 Å². The van der Waals surface area contributed by atoms with Crippen molar-refractivity contribution in [2.45, 2.75) is 13.0 Å². The molecule has 0 aliphatic heterocycles. The molecule has 0 N–H and O–H groups in total. The smallest absolute Gasteiger partial charge is 0.149 e. The van der Waals surface area contributed by atoms with E-state index in [0.29, 0.717) is 10.7 Å². The van der Waals surface area contributed by atoms with Crippen LogP contribution in [-0.2, 0) is 4.84 Å². The molecule has 116 valence electrons. The highest BCUT2D eigenvalue weighted by Gasteiger charge is 2.09. The molecule has 0 fully saturated rings. The van der Waals surface area contributed by atoms with Crippen LogP contribution in [0.4, 0.5) is 0 Å². The number of oxime groups is 1. The molecule has 0 spiro atoms. The van der Waals surface area contributed by atoms with Gasteiger partial charge < -0.3 is 4.84 Å². The second kappa shape index (κ2) is 7.11. The first-order chi connectivity index (χ1) is 11.3. The Morgan fingerprint density at radius 2 is 1.74 bits per heavy atom. The van der Waals surface area contributed by atoms with E-state index in [-0.39, 0.29) is 6.10 Å². The van der Waals surface area contributed by atoms with E-state index >= 15 is 0 Å². The Kier molecular flexibility index (Phi) is 4.74. The fourth-order valence-corrected chi connectivity index (χ4v) is 2.38. The molecule has 23 heavy (non-hydrogen) atoms. The summed E-state index contributed by atoms with van der Waals surface area (Å²) in [7, 11) is 0. The van der Waals surface area contributed by atoms with Gasteiger partial charge in [0, 0.05) is 0 Å². The van der Waals surface area contributed by atoms with Crippen LogP contribution in [0.2, 0.25) is 5.15 Å². The summed E-state index contributed by atoms with van der Waals surface area (Å²) in [6.07, 6.45) is 3.11. The van der Waals surface area contributed by atoms with Gasteiger partial charge in [0.2, 0.25) is 0 Å². The standard InChI is InChI=1S/C18H16ClN3O/c1-14(15-8-4-2-5-9-15)23-21-13-16-12-20-22(18(16)19)17-10-6-3-7-11-17/h2-14H,1H3/b21-13+/t14-/m1/s1. The lowest BCUT2D eigenvalue weighted by molar-refractivity contribution is 0.0736. The Balaban J connectivity index is 1.70. The van der Waals surface area contributed by atoms with Crippen molar-refractivity contribution in [2.24, 2.45) is 5.16 Å². The van der Waals surface area contributed by atoms with Crippen LogP contribution in [0.1, 0.15) is 24.2 Å². The summed E-state index contributed by atoms with van der Waals surface area (Å²) in [5, 5.41) is 8.80. The normalized spacial score (nSPS) is 12.4. The minimum absolute atomic E-state index is 0.129. The number of nitrogens with zero attached hydrogens (tertiary/aromatic N) is 3. The van der Waals surface area contributed by atoms with Gasteiger partial charge in [0.05, 0.1) is 23.7 Å². The Labute approximate surface area is 140 Å². The summed E-state index contributed by atoms with van der Waals surface area (Å²) in [4.78, 5) is 5.48. The average molecular weight is 326 g/mol. The predicted octanol–water partition coefficient (Wildman–Crippen LogP) is 4.64. The quantitative estimate of drug-likeness (QED) is 0.506. The second-order valence-corrected chi connectivity index (χ2v) is 5.39. The van der Waals surface area contributed by atoms with Crippen molar-refractivity contribution in [3.8, 4) is 5.69 Å². The molecular formula is C18H16ClN3O. The zero-order valence-electron chi connectivity index (χ0n) is 12.6. The van der Waals surface area contributed by atoms with Gasteiger partial charge in [-0.3, -0.25) is 0 Å². The molecule has 1 aromatic heterocycles. The third kappa shape index (κ3) is 3.60. The molecule has 3 aromatic rings. The van der Waals surface area contributed by atoms with Crippen LogP contribution in [0.15, 0.2) is 72.0 Å². The van der Waals surface area contributed by atoms with Gasteiger partial charge in [0.1, 0.15) is 11.3 Å². The molecule has 1 atom stereocenters. The zero-order chi connectivity index (χ0) is 16.1. The first-order valence-corrected chi connectivity index (χ1v) is 7.66. The summed E-state index contributed by atoms with van der Waals surface area (Å²) in [6, 6.07) is 19.6. The molecule has 3 rings (SSSR count). The number of aromatic nitrogens is 2. The lowest BCUT2D eigenvalue weighted by Gasteiger charge is -2.08. The van der Waals surface area contributed by atoms with Crippen LogP contribution >= 0.6 is 11.6 Å². The third-order valence-corrected chi connectivity index (χ3v) is 3.80. The van der Waals surface area contributed by atoms with Gasteiger partial charge in [-0.2, -0.15) is 5.10 Å². The molecule has 4 nitrogen and oxygen atoms in total. The van der Waals surface area contributed by atoms with E-state index in [1.54, 1.807) is 17.1 Å². The minimum Gasteiger partial charge on any atom is -0.388 e. The monoisotopic (exact) mass is 325 g/mol. The van der Waals surface area contributed by atoms with Crippen molar-refractivity contribution in [3.05, 3.63) is 83.1 Å². The Morgan fingerprint density at radius 1 is 1.09 bits per heavy atom. The number of rotatable bonds is 5. The summed E-state index contributed by atoms with van der Waals surface area (Å²) >= 11 is 6.34. The predicted molar refractivity (Wildman–Crippen MR) is 92.1 cm³/mol. The van der Waals surface area contributed by atoms with Gasteiger partial charge in [0.25, 0.3) is 0 Å². The molecule has 0 aliphatic rings. The molecule has 0 saturated carbocycles. The van der Waals surface area contributed by atoms with Crippen molar-refractivity contribution in [2.75, 3.05) is 0 Å². The van der Waals surface area contributed by atoms with E-state index in [1.165, 1.54) is 0 Å².